The second-order valence-corrected chi connectivity index (χ2v) is 8.20. The molecule has 0 radical (unpaired) electrons. The van der Waals surface area contributed by atoms with E-state index < -0.39 is 9.84 Å². The minimum Gasteiger partial charge on any atom is -0.371 e. The summed E-state index contributed by atoms with van der Waals surface area (Å²) in [5.74, 6) is 0.166. The van der Waals surface area contributed by atoms with E-state index in [9.17, 15) is 8.42 Å². The van der Waals surface area contributed by atoms with Crippen LogP contribution in [0.3, 0.4) is 0 Å². The molecule has 1 heterocycles. The number of hydrogen-bond donors (Lipinski definition) is 0. The molecule has 1 aromatic carbocycles. The summed E-state index contributed by atoms with van der Waals surface area (Å²) >= 11 is 0. The highest BCUT2D eigenvalue weighted by Gasteiger charge is 2.45. The van der Waals surface area contributed by atoms with Gasteiger partial charge in [0.15, 0.2) is 9.84 Å². The molecule has 0 bridgehead atoms. The molecule has 1 aliphatic carbocycles. The summed E-state index contributed by atoms with van der Waals surface area (Å²) in [6.07, 6.45) is 5.36. The molecule has 1 saturated carbocycles. The summed E-state index contributed by atoms with van der Waals surface area (Å²) < 4.78 is 23.6. The standard InChI is InChI=1S/C15H21NO2S/c1-2-19(17,18)14-6-4-13(5-7-14)16-11-3-8-15(12-16)9-10-15/h4-7H,2-3,8-12H2,1H3. The highest BCUT2D eigenvalue weighted by molar-refractivity contribution is 7.91. The number of rotatable bonds is 3. The van der Waals surface area contributed by atoms with Gasteiger partial charge in [0, 0.05) is 18.8 Å². The van der Waals surface area contributed by atoms with E-state index in [0.29, 0.717) is 10.3 Å². The van der Waals surface area contributed by atoms with Crippen LogP contribution in [0, 0.1) is 5.41 Å². The van der Waals surface area contributed by atoms with Crippen LogP contribution in [0.4, 0.5) is 5.69 Å². The Balaban J connectivity index is 1.79. The van der Waals surface area contributed by atoms with Gasteiger partial charge in [-0.15, -0.1) is 0 Å². The molecule has 0 unspecified atom stereocenters. The highest BCUT2D eigenvalue weighted by Crippen LogP contribution is 2.52. The van der Waals surface area contributed by atoms with Crippen molar-refractivity contribution in [3.8, 4) is 0 Å². The molecular formula is C15H21NO2S. The largest absolute Gasteiger partial charge is 0.371 e. The summed E-state index contributed by atoms with van der Waals surface area (Å²) in [7, 11) is -3.07. The fourth-order valence-corrected chi connectivity index (χ4v) is 3.93. The fraction of sp³-hybridized carbons (Fsp3) is 0.600. The maximum Gasteiger partial charge on any atom is 0.178 e. The van der Waals surface area contributed by atoms with E-state index >= 15 is 0 Å². The van der Waals surface area contributed by atoms with Crippen molar-refractivity contribution in [1.82, 2.24) is 0 Å². The Morgan fingerprint density at radius 1 is 1.16 bits per heavy atom. The van der Waals surface area contributed by atoms with E-state index in [0.717, 1.165) is 13.1 Å². The van der Waals surface area contributed by atoms with Crippen LogP contribution in [-0.4, -0.2) is 27.3 Å². The van der Waals surface area contributed by atoms with Crippen molar-refractivity contribution in [1.29, 1.82) is 0 Å². The van der Waals surface area contributed by atoms with Gasteiger partial charge in [-0.2, -0.15) is 0 Å². The van der Waals surface area contributed by atoms with Crippen molar-refractivity contribution < 1.29 is 8.42 Å². The average molecular weight is 279 g/mol. The normalized spacial score (nSPS) is 21.6. The Labute approximate surface area is 115 Å². The van der Waals surface area contributed by atoms with Gasteiger partial charge in [-0.1, -0.05) is 6.92 Å². The summed E-state index contributed by atoms with van der Waals surface area (Å²) in [6, 6.07) is 7.43. The van der Waals surface area contributed by atoms with Crippen LogP contribution in [0.25, 0.3) is 0 Å². The molecule has 1 aromatic rings. The molecule has 0 N–H and O–H groups in total. The predicted molar refractivity (Wildman–Crippen MR) is 77.3 cm³/mol. The van der Waals surface area contributed by atoms with Gasteiger partial charge in [0.05, 0.1) is 10.6 Å². The number of nitrogens with zero attached hydrogens (tertiary/aromatic N) is 1. The predicted octanol–water partition coefficient (Wildman–Crippen LogP) is 2.86. The molecule has 1 aliphatic heterocycles. The number of anilines is 1. The first-order valence-corrected chi connectivity index (χ1v) is 8.78. The monoisotopic (exact) mass is 279 g/mol. The van der Waals surface area contributed by atoms with Crippen molar-refractivity contribution in [3.05, 3.63) is 24.3 Å². The maximum absolute atomic E-state index is 11.8. The smallest absolute Gasteiger partial charge is 0.178 e. The lowest BCUT2D eigenvalue weighted by molar-refractivity contribution is 0.395. The SMILES string of the molecule is CCS(=O)(=O)c1ccc(N2CCCC3(CC3)C2)cc1. The zero-order chi connectivity index (χ0) is 13.5. The van der Waals surface area contributed by atoms with Crippen molar-refractivity contribution >= 4 is 15.5 Å². The van der Waals surface area contributed by atoms with Gasteiger partial charge in [-0.25, -0.2) is 8.42 Å². The molecule has 19 heavy (non-hydrogen) atoms. The summed E-state index contributed by atoms with van der Waals surface area (Å²) in [5, 5.41) is 0. The zero-order valence-corrected chi connectivity index (χ0v) is 12.2. The molecule has 0 amide bonds. The third-order valence-electron chi connectivity index (χ3n) is 4.56. The first-order chi connectivity index (χ1) is 9.05. The van der Waals surface area contributed by atoms with Crippen molar-refractivity contribution in [3.63, 3.8) is 0 Å². The van der Waals surface area contributed by atoms with Gasteiger partial charge in [-0.3, -0.25) is 0 Å². The molecule has 3 rings (SSSR count). The topological polar surface area (TPSA) is 37.4 Å². The number of piperidine rings is 1. The van der Waals surface area contributed by atoms with Crippen LogP contribution in [0.5, 0.6) is 0 Å². The number of sulfone groups is 1. The Morgan fingerprint density at radius 2 is 1.84 bits per heavy atom. The lowest BCUT2D eigenvalue weighted by Gasteiger charge is -2.34. The molecular weight excluding hydrogens is 258 g/mol. The Hall–Kier alpha value is -1.03. The minimum absolute atomic E-state index is 0.166. The maximum atomic E-state index is 11.8. The van der Waals surface area contributed by atoms with Crippen molar-refractivity contribution in [2.75, 3.05) is 23.7 Å². The van der Waals surface area contributed by atoms with Gasteiger partial charge in [0.1, 0.15) is 0 Å². The average Bonchev–Trinajstić information content (AvgIpc) is 3.18. The van der Waals surface area contributed by atoms with Crippen LogP contribution < -0.4 is 4.90 Å². The molecule has 1 spiro atoms. The third-order valence-corrected chi connectivity index (χ3v) is 6.31. The molecule has 3 nitrogen and oxygen atoms in total. The Morgan fingerprint density at radius 3 is 2.42 bits per heavy atom. The molecule has 2 aliphatic rings. The number of hydrogen-bond acceptors (Lipinski definition) is 3. The zero-order valence-electron chi connectivity index (χ0n) is 11.4. The van der Waals surface area contributed by atoms with Crippen LogP contribution in [0.1, 0.15) is 32.6 Å². The van der Waals surface area contributed by atoms with E-state index in [1.807, 2.05) is 12.1 Å². The van der Waals surface area contributed by atoms with Crippen LogP contribution >= 0.6 is 0 Å². The van der Waals surface area contributed by atoms with Gasteiger partial charge < -0.3 is 4.90 Å². The quantitative estimate of drug-likeness (QED) is 0.854. The molecule has 2 fully saturated rings. The van der Waals surface area contributed by atoms with Crippen molar-refractivity contribution in [2.24, 2.45) is 5.41 Å². The highest BCUT2D eigenvalue weighted by atomic mass is 32.2. The molecule has 1 saturated heterocycles. The van der Waals surface area contributed by atoms with E-state index in [-0.39, 0.29) is 5.75 Å². The van der Waals surface area contributed by atoms with E-state index in [1.54, 1.807) is 19.1 Å². The van der Waals surface area contributed by atoms with E-state index in [1.165, 1.54) is 31.4 Å². The van der Waals surface area contributed by atoms with Gasteiger partial charge >= 0.3 is 0 Å². The molecule has 104 valence electrons. The fourth-order valence-electron chi connectivity index (χ4n) is 3.04. The lowest BCUT2D eigenvalue weighted by Crippen LogP contribution is -2.36. The Bertz CT molecular complexity index is 558. The summed E-state index contributed by atoms with van der Waals surface area (Å²) in [5.41, 5.74) is 1.76. The van der Waals surface area contributed by atoms with Gasteiger partial charge in [0.25, 0.3) is 0 Å². The van der Waals surface area contributed by atoms with Gasteiger partial charge in [-0.05, 0) is 55.4 Å². The first kappa shape index (κ1) is 13.0. The molecule has 0 aromatic heterocycles. The van der Waals surface area contributed by atoms with E-state index in [4.69, 9.17) is 0 Å². The first-order valence-electron chi connectivity index (χ1n) is 7.12. The van der Waals surface area contributed by atoms with Crippen LogP contribution in [0.15, 0.2) is 29.2 Å². The second-order valence-electron chi connectivity index (χ2n) is 5.92. The lowest BCUT2D eigenvalue weighted by atomic mass is 9.95. The minimum atomic E-state index is -3.07. The number of benzene rings is 1. The van der Waals surface area contributed by atoms with Gasteiger partial charge in [0.2, 0.25) is 0 Å². The van der Waals surface area contributed by atoms with Crippen LogP contribution in [0.2, 0.25) is 0 Å². The van der Waals surface area contributed by atoms with Crippen molar-refractivity contribution in [2.45, 2.75) is 37.5 Å². The Kier molecular flexibility index (Phi) is 3.08. The summed E-state index contributed by atoms with van der Waals surface area (Å²) in [4.78, 5) is 2.86. The van der Waals surface area contributed by atoms with E-state index in [2.05, 4.69) is 4.90 Å². The molecule has 4 heteroatoms. The second kappa shape index (κ2) is 4.51. The summed E-state index contributed by atoms with van der Waals surface area (Å²) in [6.45, 7) is 3.93. The molecule has 0 atom stereocenters. The van der Waals surface area contributed by atoms with Crippen LogP contribution in [-0.2, 0) is 9.84 Å². The third kappa shape index (κ3) is 2.50.